The van der Waals surface area contributed by atoms with E-state index in [0.717, 1.165) is 24.0 Å². The molecule has 1 aliphatic heterocycles. The first kappa shape index (κ1) is 11.7. The molecule has 0 amide bonds. The first-order valence-corrected chi connectivity index (χ1v) is 5.72. The number of hydrogen-bond acceptors (Lipinski definition) is 2. The lowest BCUT2D eigenvalue weighted by molar-refractivity contribution is 0.168. The molecule has 0 bridgehead atoms. The zero-order chi connectivity index (χ0) is 10.6. The van der Waals surface area contributed by atoms with E-state index in [2.05, 4.69) is 25.3 Å². The largest absolute Gasteiger partial charge is 0.327 e. The topological polar surface area (TPSA) is 29.3 Å². The summed E-state index contributed by atoms with van der Waals surface area (Å²) >= 11 is 0. The van der Waals surface area contributed by atoms with Gasteiger partial charge in [0.05, 0.1) is 0 Å². The molecule has 2 heteroatoms. The Labute approximate surface area is 88.2 Å². The van der Waals surface area contributed by atoms with E-state index in [1.165, 1.54) is 25.9 Å². The number of likely N-dealkylation sites (tertiary alicyclic amines) is 1. The highest BCUT2D eigenvalue weighted by Gasteiger charge is 2.21. The van der Waals surface area contributed by atoms with Crippen molar-refractivity contribution in [3.8, 4) is 0 Å². The summed E-state index contributed by atoms with van der Waals surface area (Å²) in [5, 5.41) is 0. The van der Waals surface area contributed by atoms with Crippen molar-refractivity contribution in [1.82, 2.24) is 4.90 Å². The van der Waals surface area contributed by atoms with Crippen molar-refractivity contribution >= 4 is 0 Å². The fourth-order valence-electron chi connectivity index (χ4n) is 2.16. The third-order valence-corrected chi connectivity index (χ3v) is 3.31. The molecule has 0 aromatic heterocycles. The average molecular weight is 196 g/mol. The second kappa shape index (κ2) is 5.52. The molecule has 0 aromatic carbocycles. The van der Waals surface area contributed by atoms with E-state index in [1.807, 2.05) is 0 Å². The standard InChI is InChI=1S/C12H24N2/c1-10(2)12-4-6-14(7-5-12)9-11(3)8-13/h10,12H,3-9,13H2,1-2H3. The van der Waals surface area contributed by atoms with Crippen LogP contribution in [-0.2, 0) is 0 Å². The molecule has 0 unspecified atom stereocenters. The van der Waals surface area contributed by atoms with Gasteiger partial charge in [0.15, 0.2) is 0 Å². The van der Waals surface area contributed by atoms with Crippen molar-refractivity contribution < 1.29 is 0 Å². The van der Waals surface area contributed by atoms with Crippen molar-refractivity contribution in [3.05, 3.63) is 12.2 Å². The summed E-state index contributed by atoms with van der Waals surface area (Å²) in [5.41, 5.74) is 6.70. The molecule has 1 fully saturated rings. The van der Waals surface area contributed by atoms with Gasteiger partial charge in [-0.25, -0.2) is 0 Å². The van der Waals surface area contributed by atoms with Crippen LogP contribution in [0.4, 0.5) is 0 Å². The number of hydrogen-bond donors (Lipinski definition) is 1. The predicted octanol–water partition coefficient (Wildman–Crippen LogP) is 1.87. The second-order valence-electron chi connectivity index (χ2n) is 4.81. The van der Waals surface area contributed by atoms with Crippen molar-refractivity contribution in [2.75, 3.05) is 26.2 Å². The third kappa shape index (κ3) is 3.43. The van der Waals surface area contributed by atoms with Gasteiger partial charge in [0.1, 0.15) is 0 Å². The van der Waals surface area contributed by atoms with Crippen LogP contribution in [0.1, 0.15) is 26.7 Å². The molecular weight excluding hydrogens is 172 g/mol. The molecular formula is C12H24N2. The zero-order valence-electron chi connectivity index (χ0n) is 9.63. The third-order valence-electron chi connectivity index (χ3n) is 3.31. The van der Waals surface area contributed by atoms with Crippen molar-refractivity contribution in [3.63, 3.8) is 0 Å². The molecule has 2 nitrogen and oxygen atoms in total. The van der Waals surface area contributed by atoms with Gasteiger partial charge in [-0.3, -0.25) is 4.90 Å². The Bertz CT molecular complexity index is 179. The normalized spacial score (nSPS) is 20.3. The Morgan fingerprint density at radius 3 is 2.43 bits per heavy atom. The van der Waals surface area contributed by atoms with Gasteiger partial charge in [-0.1, -0.05) is 20.4 Å². The molecule has 2 N–H and O–H groups in total. The van der Waals surface area contributed by atoms with Gasteiger partial charge in [-0.15, -0.1) is 0 Å². The molecule has 0 radical (unpaired) electrons. The van der Waals surface area contributed by atoms with E-state index >= 15 is 0 Å². The highest BCUT2D eigenvalue weighted by atomic mass is 15.1. The lowest BCUT2D eigenvalue weighted by Crippen LogP contribution is -2.37. The highest BCUT2D eigenvalue weighted by Crippen LogP contribution is 2.24. The predicted molar refractivity (Wildman–Crippen MR) is 62.2 cm³/mol. The molecule has 0 spiro atoms. The van der Waals surface area contributed by atoms with Crippen LogP contribution in [-0.4, -0.2) is 31.1 Å². The molecule has 1 rings (SSSR count). The summed E-state index contributed by atoms with van der Waals surface area (Å²) in [4.78, 5) is 2.48. The Morgan fingerprint density at radius 2 is 2.00 bits per heavy atom. The number of piperidine rings is 1. The van der Waals surface area contributed by atoms with E-state index in [9.17, 15) is 0 Å². The lowest BCUT2D eigenvalue weighted by atomic mass is 9.86. The van der Waals surface area contributed by atoms with Gasteiger partial charge in [-0.2, -0.15) is 0 Å². The maximum atomic E-state index is 5.54. The monoisotopic (exact) mass is 196 g/mol. The van der Waals surface area contributed by atoms with E-state index in [1.54, 1.807) is 0 Å². The Balaban J connectivity index is 2.25. The maximum Gasteiger partial charge on any atom is 0.0202 e. The van der Waals surface area contributed by atoms with E-state index in [0.29, 0.717) is 6.54 Å². The first-order chi connectivity index (χ1) is 6.63. The van der Waals surface area contributed by atoms with Crippen LogP contribution in [0.3, 0.4) is 0 Å². The van der Waals surface area contributed by atoms with Crippen LogP contribution >= 0.6 is 0 Å². The van der Waals surface area contributed by atoms with Gasteiger partial charge >= 0.3 is 0 Å². The lowest BCUT2D eigenvalue weighted by Gasteiger charge is -2.34. The quantitative estimate of drug-likeness (QED) is 0.696. The number of rotatable bonds is 4. The van der Waals surface area contributed by atoms with Gasteiger partial charge in [-0.05, 0) is 43.3 Å². The van der Waals surface area contributed by atoms with Crippen LogP contribution in [0.2, 0.25) is 0 Å². The molecule has 0 aromatic rings. The van der Waals surface area contributed by atoms with E-state index in [-0.39, 0.29) is 0 Å². The van der Waals surface area contributed by atoms with Crippen LogP contribution in [0.15, 0.2) is 12.2 Å². The van der Waals surface area contributed by atoms with Crippen molar-refractivity contribution in [2.24, 2.45) is 17.6 Å². The smallest absolute Gasteiger partial charge is 0.0202 e. The minimum absolute atomic E-state index is 0.629. The average Bonchev–Trinajstić information content (AvgIpc) is 2.18. The minimum atomic E-state index is 0.629. The summed E-state index contributed by atoms with van der Waals surface area (Å²) in [7, 11) is 0. The molecule has 14 heavy (non-hydrogen) atoms. The Hall–Kier alpha value is -0.340. The zero-order valence-corrected chi connectivity index (χ0v) is 9.63. The van der Waals surface area contributed by atoms with Gasteiger partial charge in [0.25, 0.3) is 0 Å². The van der Waals surface area contributed by atoms with Crippen LogP contribution in [0, 0.1) is 11.8 Å². The van der Waals surface area contributed by atoms with E-state index in [4.69, 9.17) is 5.73 Å². The fraction of sp³-hybridized carbons (Fsp3) is 0.833. The summed E-state index contributed by atoms with van der Waals surface area (Å²) < 4.78 is 0. The Kier molecular flexibility index (Phi) is 4.63. The van der Waals surface area contributed by atoms with Gasteiger partial charge in [0.2, 0.25) is 0 Å². The maximum absolute atomic E-state index is 5.54. The SMILES string of the molecule is C=C(CN)CN1CCC(C(C)C)CC1. The molecule has 1 aliphatic rings. The fourth-order valence-corrected chi connectivity index (χ4v) is 2.16. The van der Waals surface area contributed by atoms with Crippen LogP contribution in [0.5, 0.6) is 0 Å². The van der Waals surface area contributed by atoms with Crippen molar-refractivity contribution in [1.29, 1.82) is 0 Å². The number of nitrogens with two attached hydrogens (primary N) is 1. The molecule has 0 atom stereocenters. The molecule has 0 aliphatic carbocycles. The summed E-state index contributed by atoms with van der Waals surface area (Å²) in [6.07, 6.45) is 2.69. The van der Waals surface area contributed by atoms with Gasteiger partial charge < -0.3 is 5.73 Å². The minimum Gasteiger partial charge on any atom is -0.327 e. The van der Waals surface area contributed by atoms with Crippen LogP contribution in [0.25, 0.3) is 0 Å². The second-order valence-corrected chi connectivity index (χ2v) is 4.81. The molecule has 1 heterocycles. The molecule has 82 valence electrons. The van der Waals surface area contributed by atoms with Crippen LogP contribution < -0.4 is 5.73 Å². The molecule has 1 saturated heterocycles. The number of nitrogens with zero attached hydrogens (tertiary/aromatic N) is 1. The van der Waals surface area contributed by atoms with Gasteiger partial charge in [0, 0.05) is 13.1 Å². The highest BCUT2D eigenvalue weighted by molar-refractivity contribution is 4.99. The summed E-state index contributed by atoms with van der Waals surface area (Å²) in [6, 6.07) is 0. The summed E-state index contributed by atoms with van der Waals surface area (Å²) in [5.74, 6) is 1.77. The van der Waals surface area contributed by atoms with E-state index < -0.39 is 0 Å². The van der Waals surface area contributed by atoms with Crippen molar-refractivity contribution in [2.45, 2.75) is 26.7 Å². The Morgan fingerprint density at radius 1 is 1.43 bits per heavy atom. The molecule has 0 saturated carbocycles. The summed E-state index contributed by atoms with van der Waals surface area (Å²) in [6.45, 7) is 12.7. The first-order valence-electron chi connectivity index (χ1n) is 5.72.